The van der Waals surface area contributed by atoms with Crippen molar-refractivity contribution in [2.75, 3.05) is 29.9 Å². The van der Waals surface area contributed by atoms with Gasteiger partial charge in [-0.25, -0.2) is 4.98 Å². The summed E-state index contributed by atoms with van der Waals surface area (Å²) in [6.45, 7) is 5.17. The van der Waals surface area contributed by atoms with E-state index in [1.165, 1.54) is 19.3 Å². The summed E-state index contributed by atoms with van der Waals surface area (Å²) in [6, 6.07) is 1.99. The third kappa shape index (κ3) is 2.58. The number of nitrogens with zero attached hydrogens (tertiary/aromatic N) is 3. The van der Waals surface area contributed by atoms with Gasteiger partial charge in [-0.05, 0) is 32.3 Å². The minimum atomic E-state index is 0.737. The van der Waals surface area contributed by atoms with E-state index in [0.717, 1.165) is 31.4 Å². The van der Waals surface area contributed by atoms with Crippen molar-refractivity contribution >= 4 is 11.8 Å². The fraction of sp³-hybridized carbons (Fsp3) is 0.636. The zero-order valence-electron chi connectivity index (χ0n) is 9.24. The fourth-order valence-corrected chi connectivity index (χ4v) is 1.89. The molecule has 1 fully saturated rings. The fourth-order valence-electron chi connectivity index (χ4n) is 1.89. The average Bonchev–Trinajstić information content (AvgIpc) is 2.31. The van der Waals surface area contributed by atoms with E-state index in [9.17, 15) is 0 Å². The molecule has 1 aliphatic rings. The van der Waals surface area contributed by atoms with E-state index >= 15 is 0 Å². The molecule has 4 heteroatoms. The summed E-state index contributed by atoms with van der Waals surface area (Å²) in [5.74, 6) is 1.79. The number of piperidine rings is 1. The number of anilines is 2. The molecule has 4 nitrogen and oxygen atoms in total. The van der Waals surface area contributed by atoms with E-state index in [1.807, 2.05) is 12.3 Å². The van der Waals surface area contributed by atoms with Crippen LogP contribution in [0.5, 0.6) is 0 Å². The normalized spacial score (nSPS) is 16.5. The largest absolute Gasteiger partial charge is 0.356 e. The van der Waals surface area contributed by atoms with E-state index < -0.39 is 0 Å². The summed E-state index contributed by atoms with van der Waals surface area (Å²) < 4.78 is 0. The maximum Gasteiger partial charge on any atom is 0.224 e. The second-order valence-corrected chi connectivity index (χ2v) is 3.82. The lowest BCUT2D eigenvalue weighted by atomic mass is 10.1. The third-order valence-corrected chi connectivity index (χ3v) is 2.66. The molecule has 1 aliphatic heterocycles. The molecular formula is C11H18N4. The molecule has 0 aromatic carbocycles. The first-order chi connectivity index (χ1) is 7.40. The molecule has 0 aliphatic carbocycles. The summed E-state index contributed by atoms with van der Waals surface area (Å²) in [4.78, 5) is 11.0. The van der Waals surface area contributed by atoms with Crippen LogP contribution < -0.4 is 10.2 Å². The molecule has 1 aromatic rings. The number of aromatic nitrogens is 2. The van der Waals surface area contributed by atoms with Gasteiger partial charge in [0.25, 0.3) is 0 Å². The molecule has 1 aromatic heterocycles. The van der Waals surface area contributed by atoms with Crippen LogP contribution in [0.4, 0.5) is 11.8 Å². The van der Waals surface area contributed by atoms with Gasteiger partial charge >= 0.3 is 0 Å². The third-order valence-electron chi connectivity index (χ3n) is 2.66. The van der Waals surface area contributed by atoms with Crippen molar-refractivity contribution in [3.8, 4) is 0 Å². The summed E-state index contributed by atoms with van der Waals surface area (Å²) >= 11 is 0. The molecule has 0 amide bonds. The first-order valence-corrected chi connectivity index (χ1v) is 5.72. The van der Waals surface area contributed by atoms with Gasteiger partial charge in [0.2, 0.25) is 5.95 Å². The molecule has 1 N–H and O–H groups in total. The van der Waals surface area contributed by atoms with Crippen LogP contribution in [0.2, 0.25) is 0 Å². The monoisotopic (exact) mass is 206 g/mol. The minimum absolute atomic E-state index is 0.737. The maximum atomic E-state index is 4.49. The maximum absolute atomic E-state index is 4.49. The summed E-state index contributed by atoms with van der Waals surface area (Å²) in [5, 5.41) is 3.14. The Bertz CT molecular complexity index is 307. The predicted molar refractivity (Wildman–Crippen MR) is 62.3 cm³/mol. The van der Waals surface area contributed by atoms with E-state index in [2.05, 4.69) is 27.1 Å². The predicted octanol–water partition coefficient (Wildman–Crippen LogP) is 1.90. The average molecular weight is 206 g/mol. The van der Waals surface area contributed by atoms with E-state index in [-0.39, 0.29) is 0 Å². The smallest absolute Gasteiger partial charge is 0.224 e. The van der Waals surface area contributed by atoms with Gasteiger partial charge in [0.05, 0.1) is 0 Å². The Kier molecular flexibility index (Phi) is 3.37. The molecule has 1 saturated heterocycles. The Morgan fingerprint density at radius 2 is 2.13 bits per heavy atom. The molecule has 0 atom stereocenters. The first-order valence-electron chi connectivity index (χ1n) is 5.72. The van der Waals surface area contributed by atoms with Crippen LogP contribution in [0.15, 0.2) is 12.3 Å². The van der Waals surface area contributed by atoms with Gasteiger partial charge < -0.3 is 10.2 Å². The van der Waals surface area contributed by atoms with Crippen molar-refractivity contribution < 1.29 is 0 Å². The zero-order chi connectivity index (χ0) is 10.5. The molecule has 2 rings (SSSR count). The highest BCUT2D eigenvalue weighted by Crippen LogP contribution is 2.17. The Hall–Kier alpha value is -1.32. The lowest BCUT2D eigenvalue weighted by molar-refractivity contribution is 0.573. The first kappa shape index (κ1) is 10.2. The highest BCUT2D eigenvalue weighted by atomic mass is 15.2. The number of hydrogen-bond acceptors (Lipinski definition) is 4. The molecule has 0 bridgehead atoms. The number of hydrogen-bond donors (Lipinski definition) is 1. The summed E-state index contributed by atoms with van der Waals surface area (Å²) in [6.07, 6.45) is 5.73. The molecule has 0 spiro atoms. The van der Waals surface area contributed by atoms with Crippen LogP contribution in [0.1, 0.15) is 26.2 Å². The second-order valence-electron chi connectivity index (χ2n) is 3.82. The van der Waals surface area contributed by atoms with Crippen LogP contribution in [0, 0.1) is 0 Å². The number of nitrogens with one attached hydrogen (secondary N) is 1. The number of rotatable bonds is 3. The molecule has 15 heavy (non-hydrogen) atoms. The standard InChI is InChI=1S/C11H18N4/c1-2-12-11-13-7-6-10(14-11)15-8-4-3-5-9-15/h6-7H,2-5,8-9H2,1H3,(H,12,13,14). The van der Waals surface area contributed by atoms with E-state index in [4.69, 9.17) is 0 Å². The van der Waals surface area contributed by atoms with Crippen LogP contribution in [-0.2, 0) is 0 Å². The second kappa shape index (κ2) is 4.96. The van der Waals surface area contributed by atoms with Gasteiger partial charge in [-0.2, -0.15) is 4.98 Å². The molecule has 0 radical (unpaired) electrons. The van der Waals surface area contributed by atoms with Crippen LogP contribution >= 0.6 is 0 Å². The molecule has 0 saturated carbocycles. The van der Waals surface area contributed by atoms with Crippen molar-refractivity contribution in [2.24, 2.45) is 0 Å². The highest BCUT2D eigenvalue weighted by Gasteiger charge is 2.12. The highest BCUT2D eigenvalue weighted by molar-refractivity contribution is 5.42. The Morgan fingerprint density at radius 1 is 1.33 bits per heavy atom. The van der Waals surface area contributed by atoms with Gasteiger partial charge in [0.15, 0.2) is 0 Å². The van der Waals surface area contributed by atoms with Gasteiger partial charge in [0.1, 0.15) is 5.82 Å². The van der Waals surface area contributed by atoms with Gasteiger partial charge in [-0.15, -0.1) is 0 Å². The Morgan fingerprint density at radius 3 is 2.87 bits per heavy atom. The van der Waals surface area contributed by atoms with Crippen LogP contribution in [-0.4, -0.2) is 29.6 Å². The Labute approximate surface area is 90.7 Å². The van der Waals surface area contributed by atoms with Crippen molar-refractivity contribution in [3.63, 3.8) is 0 Å². The van der Waals surface area contributed by atoms with Gasteiger partial charge in [-0.1, -0.05) is 0 Å². The molecule has 82 valence electrons. The minimum Gasteiger partial charge on any atom is -0.356 e. The van der Waals surface area contributed by atoms with Crippen LogP contribution in [0.25, 0.3) is 0 Å². The SMILES string of the molecule is CCNc1nccc(N2CCCCC2)n1. The Balaban J connectivity index is 2.09. The lowest BCUT2D eigenvalue weighted by Gasteiger charge is -2.27. The van der Waals surface area contributed by atoms with Crippen LogP contribution in [0.3, 0.4) is 0 Å². The summed E-state index contributed by atoms with van der Waals surface area (Å²) in [7, 11) is 0. The van der Waals surface area contributed by atoms with Gasteiger partial charge in [0, 0.05) is 25.8 Å². The summed E-state index contributed by atoms with van der Waals surface area (Å²) in [5.41, 5.74) is 0. The van der Waals surface area contributed by atoms with Crippen molar-refractivity contribution in [2.45, 2.75) is 26.2 Å². The van der Waals surface area contributed by atoms with Gasteiger partial charge in [-0.3, -0.25) is 0 Å². The topological polar surface area (TPSA) is 41.1 Å². The lowest BCUT2D eigenvalue weighted by Crippen LogP contribution is -2.30. The van der Waals surface area contributed by atoms with E-state index in [1.54, 1.807) is 0 Å². The molecular weight excluding hydrogens is 188 g/mol. The van der Waals surface area contributed by atoms with Crippen molar-refractivity contribution in [3.05, 3.63) is 12.3 Å². The molecule has 0 unspecified atom stereocenters. The van der Waals surface area contributed by atoms with E-state index in [0.29, 0.717) is 0 Å². The zero-order valence-corrected chi connectivity index (χ0v) is 9.24. The molecule has 2 heterocycles. The van der Waals surface area contributed by atoms with Crippen molar-refractivity contribution in [1.29, 1.82) is 0 Å². The van der Waals surface area contributed by atoms with Crippen molar-refractivity contribution in [1.82, 2.24) is 9.97 Å². The quantitative estimate of drug-likeness (QED) is 0.820.